The second kappa shape index (κ2) is 10.1. The van der Waals surface area contributed by atoms with Crippen LogP contribution in [0.3, 0.4) is 0 Å². The van der Waals surface area contributed by atoms with Crippen molar-refractivity contribution in [2.45, 2.75) is 19.8 Å². The Morgan fingerprint density at radius 1 is 1.03 bits per heavy atom. The number of hydrogen-bond acceptors (Lipinski definition) is 6. The fraction of sp³-hybridized carbons (Fsp3) is 0.320. The topological polar surface area (TPSA) is 76.6 Å². The minimum absolute atomic E-state index is 0.0293. The summed E-state index contributed by atoms with van der Waals surface area (Å²) >= 11 is 0. The molecule has 32 heavy (non-hydrogen) atoms. The van der Waals surface area contributed by atoms with E-state index in [0.29, 0.717) is 13.2 Å². The molecule has 0 radical (unpaired) electrons. The third kappa shape index (κ3) is 5.17. The number of carbonyl (C=O) groups excluding carboxylic acids is 1. The van der Waals surface area contributed by atoms with Crippen molar-refractivity contribution in [1.82, 2.24) is 10.2 Å². The van der Waals surface area contributed by atoms with Gasteiger partial charge in [0.05, 0.1) is 25.3 Å². The Bertz CT molecular complexity index is 1020. The average molecular weight is 433 g/mol. The number of rotatable bonds is 7. The van der Waals surface area contributed by atoms with Crippen molar-refractivity contribution < 1.29 is 14.3 Å². The number of carbonyl (C=O) groups is 1. The normalized spacial score (nSPS) is 15.8. The molecule has 4 rings (SSSR count). The van der Waals surface area contributed by atoms with Crippen molar-refractivity contribution >= 4 is 17.4 Å². The van der Waals surface area contributed by atoms with Crippen molar-refractivity contribution in [1.29, 1.82) is 0 Å². The van der Waals surface area contributed by atoms with Gasteiger partial charge >= 0.3 is 0 Å². The Morgan fingerprint density at radius 2 is 1.78 bits per heavy atom. The van der Waals surface area contributed by atoms with Gasteiger partial charge in [0.1, 0.15) is 11.5 Å². The first-order chi connectivity index (χ1) is 15.7. The van der Waals surface area contributed by atoms with E-state index < -0.39 is 0 Å². The molecule has 1 aliphatic rings. The van der Waals surface area contributed by atoms with Crippen LogP contribution in [0.4, 0.5) is 11.5 Å². The zero-order chi connectivity index (χ0) is 22.3. The monoisotopic (exact) mass is 432 g/mol. The molecule has 0 saturated carbocycles. The van der Waals surface area contributed by atoms with Crippen molar-refractivity contribution in [3.8, 4) is 22.8 Å². The molecule has 2 heterocycles. The van der Waals surface area contributed by atoms with Gasteiger partial charge < -0.3 is 19.7 Å². The maximum absolute atomic E-state index is 12.8. The second-order valence-electron chi connectivity index (χ2n) is 7.74. The smallest absolute Gasteiger partial charge is 0.229 e. The summed E-state index contributed by atoms with van der Waals surface area (Å²) in [6.45, 7) is 4.05. The molecule has 1 amide bonds. The largest absolute Gasteiger partial charge is 0.497 e. The number of piperidine rings is 1. The molecule has 0 bridgehead atoms. The van der Waals surface area contributed by atoms with E-state index in [0.717, 1.165) is 53.6 Å². The van der Waals surface area contributed by atoms with Gasteiger partial charge in [-0.25, -0.2) is 0 Å². The summed E-state index contributed by atoms with van der Waals surface area (Å²) in [5.74, 6) is 2.33. The summed E-state index contributed by atoms with van der Waals surface area (Å²) in [7, 11) is 1.65. The summed E-state index contributed by atoms with van der Waals surface area (Å²) in [4.78, 5) is 15.0. The first kappa shape index (κ1) is 21.6. The Hall–Kier alpha value is -3.61. The van der Waals surface area contributed by atoms with Crippen molar-refractivity contribution in [2.75, 3.05) is 37.0 Å². The van der Waals surface area contributed by atoms with Crippen LogP contribution in [0.1, 0.15) is 19.8 Å². The number of anilines is 2. The third-order valence-electron chi connectivity index (χ3n) is 5.59. The van der Waals surface area contributed by atoms with Gasteiger partial charge in [0.2, 0.25) is 5.91 Å². The zero-order valence-corrected chi connectivity index (χ0v) is 18.5. The molecule has 7 heteroatoms. The molecule has 1 aliphatic heterocycles. The Kier molecular flexibility index (Phi) is 6.84. The molecule has 1 N–H and O–H groups in total. The predicted molar refractivity (Wildman–Crippen MR) is 125 cm³/mol. The lowest BCUT2D eigenvalue weighted by molar-refractivity contribution is -0.120. The highest BCUT2D eigenvalue weighted by molar-refractivity contribution is 5.93. The fourth-order valence-electron chi connectivity index (χ4n) is 3.85. The molecule has 1 saturated heterocycles. The quantitative estimate of drug-likeness (QED) is 0.596. The minimum atomic E-state index is -0.0987. The molecule has 0 aliphatic carbocycles. The van der Waals surface area contributed by atoms with Crippen molar-refractivity contribution in [3.05, 3.63) is 60.7 Å². The van der Waals surface area contributed by atoms with Crippen LogP contribution < -0.4 is 19.7 Å². The number of aromatic nitrogens is 2. The van der Waals surface area contributed by atoms with E-state index in [1.165, 1.54) is 0 Å². The Morgan fingerprint density at radius 3 is 2.44 bits per heavy atom. The fourth-order valence-corrected chi connectivity index (χ4v) is 3.85. The number of benzene rings is 2. The standard InChI is InChI=1S/C25H28N4O3/c1-3-32-22-12-8-20(9-13-22)26-25(30)19-5-4-16-29(17-19)24-15-14-23(27-28-24)18-6-10-21(31-2)11-7-18/h6-15,19H,3-5,16-17H2,1-2H3,(H,26,30). The number of amides is 1. The molecule has 1 fully saturated rings. The van der Waals surface area contributed by atoms with Crippen LogP contribution in [-0.2, 0) is 4.79 Å². The molecule has 1 unspecified atom stereocenters. The lowest BCUT2D eigenvalue weighted by Crippen LogP contribution is -2.41. The summed E-state index contributed by atoms with van der Waals surface area (Å²) in [5.41, 5.74) is 2.56. The maximum atomic E-state index is 12.8. The molecule has 7 nitrogen and oxygen atoms in total. The van der Waals surface area contributed by atoms with Crippen LogP contribution in [0.15, 0.2) is 60.7 Å². The van der Waals surface area contributed by atoms with E-state index in [2.05, 4.69) is 20.4 Å². The SMILES string of the molecule is CCOc1ccc(NC(=O)C2CCCN(c3ccc(-c4ccc(OC)cc4)nn3)C2)cc1. The predicted octanol–water partition coefficient (Wildman–Crippen LogP) is 4.41. The average Bonchev–Trinajstić information content (AvgIpc) is 2.86. The van der Waals surface area contributed by atoms with Gasteiger partial charge in [-0.1, -0.05) is 0 Å². The van der Waals surface area contributed by atoms with Gasteiger partial charge in [-0.05, 0) is 80.4 Å². The highest BCUT2D eigenvalue weighted by Crippen LogP contribution is 2.25. The maximum Gasteiger partial charge on any atom is 0.229 e. The van der Waals surface area contributed by atoms with Crippen LogP contribution in [-0.4, -0.2) is 42.9 Å². The number of methoxy groups -OCH3 is 1. The van der Waals surface area contributed by atoms with Gasteiger partial charge in [0, 0.05) is 24.3 Å². The van der Waals surface area contributed by atoms with E-state index in [1.807, 2.05) is 67.6 Å². The lowest BCUT2D eigenvalue weighted by Gasteiger charge is -2.32. The summed E-state index contributed by atoms with van der Waals surface area (Å²) in [6, 6.07) is 19.1. The van der Waals surface area contributed by atoms with Gasteiger partial charge in [0.15, 0.2) is 5.82 Å². The number of nitrogens with one attached hydrogen (secondary N) is 1. The molecule has 3 aromatic rings. The zero-order valence-electron chi connectivity index (χ0n) is 18.5. The van der Waals surface area contributed by atoms with Gasteiger partial charge in [-0.15, -0.1) is 10.2 Å². The van der Waals surface area contributed by atoms with Crippen LogP contribution in [0.25, 0.3) is 11.3 Å². The highest BCUT2D eigenvalue weighted by atomic mass is 16.5. The molecular weight excluding hydrogens is 404 g/mol. The van der Waals surface area contributed by atoms with Crippen LogP contribution in [0.5, 0.6) is 11.5 Å². The number of nitrogens with zero attached hydrogens (tertiary/aromatic N) is 3. The van der Waals surface area contributed by atoms with Gasteiger partial charge in [-0.3, -0.25) is 4.79 Å². The summed E-state index contributed by atoms with van der Waals surface area (Å²) in [5, 5.41) is 11.8. The summed E-state index contributed by atoms with van der Waals surface area (Å²) < 4.78 is 10.7. The van der Waals surface area contributed by atoms with Crippen LogP contribution >= 0.6 is 0 Å². The summed E-state index contributed by atoms with van der Waals surface area (Å²) in [6.07, 6.45) is 1.79. The van der Waals surface area contributed by atoms with Crippen molar-refractivity contribution in [3.63, 3.8) is 0 Å². The Labute approximate surface area is 188 Å². The lowest BCUT2D eigenvalue weighted by atomic mass is 9.97. The van der Waals surface area contributed by atoms with Crippen LogP contribution in [0, 0.1) is 5.92 Å². The molecule has 0 spiro atoms. The first-order valence-corrected chi connectivity index (χ1v) is 10.9. The third-order valence-corrected chi connectivity index (χ3v) is 5.59. The highest BCUT2D eigenvalue weighted by Gasteiger charge is 2.27. The minimum Gasteiger partial charge on any atom is -0.497 e. The van der Waals surface area contributed by atoms with Gasteiger partial charge in [-0.2, -0.15) is 0 Å². The second-order valence-corrected chi connectivity index (χ2v) is 7.74. The number of hydrogen-bond donors (Lipinski definition) is 1. The molecule has 2 aromatic carbocycles. The van der Waals surface area contributed by atoms with E-state index in [1.54, 1.807) is 7.11 Å². The van der Waals surface area contributed by atoms with E-state index in [4.69, 9.17) is 9.47 Å². The van der Waals surface area contributed by atoms with E-state index in [9.17, 15) is 4.79 Å². The van der Waals surface area contributed by atoms with Crippen molar-refractivity contribution in [2.24, 2.45) is 5.92 Å². The van der Waals surface area contributed by atoms with Gasteiger partial charge in [0.25, 0.3) is 0 Å². The molecule has 1 aromatic heterocycles. The first-order valence-electron chi connectivity index (χ1n) is 10.9. The molecule has 166 valence electrons. The number of ether oxygens (including phenoxy) is 2. The molecular formula is C25H28N4O3. The molecule has 1 atom stereocenters. The Balaban J connectivity index is 1.38. The van der Waals surface area contributed by atoms with Crippen LogP contribution in [0.2, 0.25) is 0 Å². The van der Waals surface area contributed by atoms with E-state index in [-0.39, 0.29) is 11.8 Å². The van der Waals surface area contributed by atoms with E-state index >= 15 is 0 Å².